The minimum Gasteiger partial charge on any atom is -0.506 e. The van der Waals surface area contributed by atoms with Gasteiger partial charge in [-0.25, -0.2) is 4.79 Å². The summed E-state index contributed by atoms with van der Waals surface area (Å²) in [5, 5.41) is 12.8. The molecule has 0 aliphatic carbocycles. The van der Waals surface area contributed by atoms with E-state index >= 15 is 0 Å². The highest BCUT2D eigenvalue weighted by atomic mass is 127. The summed E-state index contributed by atoms with van der Waals surface area (Å²) < 4.78 is 14.4. The van der Waals surface area contributed by atoms with E-state index in [1.54, 1.807) is 43.3 Å². The zero-order chi connectivity index (χ0) is 24.8. The number of rotatable bonds is 8. The fourth-order valence-corrected chi connectivity index (χ4v) is 6.88. The van der Waals surface area contributed by atoms with E-state index < -0.39 is 12.0 Å². The number of hydrogen-bond donors (Lipinski definition) is 2. The summed E-state index contributed by atoms with van der Waals surface area (Å²) in [6.07, 6.45) is 0.276. The molecule has 0 aromatic heterocycles. The predicted molar refractivity (Wildman–Crippen MR) is 164 cm³/mol. The van der Waals surface area contributed by atoms with E-state index in [0.29, 0.717) is 24.2 Å². The lowest BCUT2D eigenvalue weighted by Gasteiger charge is -2.19. The summed E-state index contributed by atoms with van der Waals surface area (Å²) in [6.45, 7) is 1.96. The largest absolute Gasteiger partial charge is 0.506 e. The summed E-state index contributed by atoms with van der Waals surface area (Å²) in [5.74, 6) is 0.721. The lowest BCUT2D eigenvalue weighted by Crippen LogP contribution is -2.43. The quantitative estimate of drug-likeness (QED) is 0.199. The first-order valence-electron chi connectivity index (χ1n) is 10.1. The van der Waals surface area contributed by atoms with E-state index in [-0.39, 0.29) is 24.7 Å². The van der Waals surface area contributed by atoms with Crippen LogP contribution in [0.3, 0.4) is 0 Å². The SMILES string of the molecule is CCOC(=O)[C@H](Cc1cc(I)c(Oc2cc(I)c(O)c(I)c2)c(I)c1)NC(=O)c1ccccc1. The van der Waals surface area contributed by atoms with Crippen molar-refractivity contribution in [1.82, 2.24) is 5.32 Å². The van der Waals surface area contributed by atoms with Crippen molar-refractivity contribution in [3.8, 4) is 17.2 Å². The Morgan fingerprint density at radius 2 is 1.53 bits per heavy atom. The molecule has 3 aromatic carbocycles. The van der Waals surface area contributed by atoms with Crippen molar-refractivity contribution in [3.05, 3.63) is 80.0 Å². The van der Waals surface area contributed by atoms with E-state index in [2.05, 4.69) is 95.7 Å². The van der Waals surface area contributed by atoms with Crippen LogP contribution >= 0.6 is 90.4 Å². The molecule has 0 aliphatic heterocycles. The molecule has 0 saturated carbocycles. The Hall–Kier alpha value is -0.880. The Bertz CT molecular complexity index is 1160. The monoisotopic (exact) mass is 909 g/mol. The highest BCUT2D eigenvalue weighted by Gasteiger charge is 2.24. The molecule has 0 unspecified atom stereocenters. The average Bonchev–Trinajstić information content (AvgIpc) is 2.80. The standard InChI is InChI=1S/C24H19I4NO5/c1-2-33-24(32)20(29-23(31)14-6-4-3-5-7-14)10-13-8-18(27)22(19(28)9-13)34-15-11-16(25)21(30)17(26)12-15/h3-9,11-12,20,30H,2,10H2,1H3,(H,29,31)/t20-/m0/s1. The minimum absolute atomic E-state index is 0.225. The fraction of sp³-hybridized carbons (Fsp3) is 0.167. The van der Waals surface area contributed by atoms with Crippen molar-refractivity contribution in [2.45, 2.75) is 19.4 Å². The van der Waals surface area contributed by atoms with Gasteiger partial charge in [-0.2, -0.15) is 0 Å². The first-order valence-corrected chi connectivity index (χ1v) is 14.4. The first kappa shape index (κ1) is 27.7. The van der Waals surface area contributed by atoms with E-state index in [4.69, 9.17) is 9.47 Å². The molecule has 0 radical (unpaired) electrons. The molecule has 0 saturated heterocycles. The second-order valence-corrected chi connectivity index (χ2v) is 11.7. The molecule has 6 nitrogen and oxygen atoms in total. The number of phenolic OH excluding ortho intramolecular Hbond substituents is 1. The van der Waals surface area contributed by atoms with Crippen molar-refractivity contribution in [2.24, 2.45) is 0 Å². The van der Waals surface area contributed by atoms with Crippen molar-refractivity contribution in [1.29, 1.82) is 0 Å². The number of hydrogen-bond acceptors (Lipinski definition) is 5. The Morgan fingerprint density at radius 3 is 2.09 bits per heavy atom. The molecule has 34 heavy (non-hydrogen) atoms. The van der Waals surface area contributed by atoms with E-state index in [9.17, 15) is 14.7 Å². The van der Waals surface area contributed by atoms with Crippen molar-refractivity contribution in [3.63, 3.8) is 0 Å². The zero-order valence-electron chi connectivity index (χ0n) is 17.8. The van der Waals surface area contributed by atoms with Crippen molar-refractivity contribution >= 4 is 102 Å². The number of carbonyl (C=O) groups is 2. The average molecular weight is 909 g/mol. The Kier molecular flexibility index (Phi) is 10.5. The normalized spacial score (nSPS) is 11.6. The van der Waals surface area contributed by atoms with Crippen molar-refractivity contribution in [2.75, 3.05) is 6.61 Å². The van der Waals surface area contributed by atoms with Crippen molar-refractivity contribution < 1.29 is 24.2 Å². The molecule has 3 rings (SSSR count). The Balaban J connectivity index is 1.83. The number of ether oxygens (including phenoxy) is 2. The van der Waals surface area contributed by atoms with Gasteiger partial charge in [-0.1, -0.05) is 18.2 Å². The van der Waals surface area contributed by atoms with Gasteiger partial charge in [-0.3, -0.25) is 4.79 Å². The summed E-state index contributed by atoms with van der Waals surface area (Å²) in [5.41, 5.74) is 1.34. The summed E-state index contributed by atoms with van der Waals surface area (Å²) in [7, 11) is 0. The molecular weight excluding hydrogens is 890 g/mol. The number of nitrogens with one attached hydrogen (secondary N) is 1. The maximum absolute atomic E-state index is 12.7. The maximum Gasteiger partial charge on any atom is 0.328 e. The van der Waals surface area contributed by atoms with Gasteiger partial charge in [0.2, 0.25) is 0 Å². The molecule has 1 atom stereocenters. The van der Waals surface area contributed by atoms with Gasteiger partial charge in [0.15, 0.2) is 5.75 Å². The lowest BCUT2D eigenvalue weighted by atomic mass is 10.0. The topological polar surface area (TPSA) is 84.9 Å². The Labute approximate surface area is 252 Å². The second kappa shape index (κ2) is 12.9. The van der Waals surface area contributed by atoms with Gasteiger partial charge >= 0.3 is 5.97 Å². The lowest BCUT2D eigenvalue weighted by molar-refractivity contribution is -0.145. The number of benzene rings is 3. The highest BCUT2D eigenvalue weighted by molar-refractivity contribution is 14.1. The molecular formula is C24H19I4NO5. The molecule has 3 aromatic rings. The molecule has 0 bridgehead atoms. The van der Waals surface area contributed by atoms with Crippen LogP contribution in [0, 0.1) is 14.3 Å². The molecule has 178 valence electrons. The van der Waals surface area contributed by atoms with Crippen LogP contribution in [0.5, 0.6) is 17.2 Å². The predicted octanol–water partition coefficient (Wildman–Crippen LogP) is 6.51. The van der Waals surface area contributed by atoms with Gasteiger partial charge in [0, 0.05) is 12.0 Å². The maximum atomic E-state index is 12.7. The highest BCUT2D eigenvalue weighted by Crippen LogP contribution is 2.37. The van der Waals surface area contributed by atoms with E-state index in [0.717, 1.165) is 12.7 Å². The van der Waals surface area contributed by atoms with Gasteiger partial charge in [-0.05, 0) is 139 Å². The van der Waals surface area contributed by atoms with Gasteiger partial charge in [0.25, 0.3) is 5.91 Å². The van der Waals surface area contributed by atoms with Crippen LogP contribution in [0.2, 0.25) is 0 Å². The van der Waals surface area contributed by atoms with E-state index in [1.807, 2.05) is 18.2 Å². The van der Waals surface area contributed by atoms with Crippen LogP contribution in [-0.2, 0) is 16.0 Å². The van der Waals surface area contributed by atoms with Crippen LogP contribution < -0.4 is 10.1 Å². The van der Waals surface area contributed by atoms with Gasteiger partial charge in [-0.15, -0.1) is 0 Å². The van der Waals surface area contributed by atoms with Crippen LogP contribution in [0.4, 0.5) is 0 Å². The number of carbonyl (C=O) groups excluding carboxylic acids is 2. The third-order valence-electron chi connectivity index (χ3n) is 4.62. The second-order valence-electron chi connectivity index (χ2n) is 7.07. The third kappa shape index (κ3) is 7.32. The molecule has 10 heteroatoms. The van der Waals surface area contributed by atoms with Gasteiger partial charge in [0.05, 0.1) is 20.9 Å². The Morgan fingerprint density at radius 1 is 0.941 bits per heavy atom. The summed E-state index contributed by atoms with van der Waals surface area (Å²) in [4.78, 5) is 25.3. The van der Waals surface area contributed by atoms with Crippen LogP contribution in [0.15, 0.2) is 54.6 Å². The molecule has 1 amide bonds. The number of amides is 1. The van der Waals surface area contributed by atoms with Gasteiger partial charge < -0.3 is 19.9 Å². The molecule has 0 heterocycles. The molecule has 2 N–H and O–H groups in total. The minimum atomic E-state index is -0.828. The smallest absolute Gasteiger partial charge is 0.328 e. The van der Waals surface area contributed by atoms with Crippen LogP contribution in [-0.4, -0.2) is 29.6 Å². The summed E-state index contributed by atoms with van der Waals surface area (Å²) in [6, 6.07) is 15.3. The first-order chi connectivity index (χ1) is 16.2. The van der Waals surface area contributed by atoms with Crippen LogP contribution in [0.1, 0.15) is 22.8 Å². The molecule has 0 spiro atoms. The fourth-order valence-electron chi connectivity index (χ4n) is 3.05. The summed E-state index contributed by atoms with van der Waals surface area (Å²) >= 11 is 8.51. The number of phenols is 1. The number of esters is 1. The van der Waals surface area contributed by atoms with E-state index in [1.165, 1.54) is 0 Å². The number of aromatic hydroxyl groups is 1. The third-order valence-corrected chi connectivity index (χ3v) is 7.87. The number of halogens is 4. The zero-order valence-corrected chi connectivity index (χ0v) is 26.4. The molecule has 0 fully saturated rings. The molecule has 0 aliphatic rings. The van der Waals surface area contributed by atoms with Crippen LogP contribution in [0.25, 0.3) is 0 Å². The van der Waals surface area contributed by atoms with Gasteiger partial charge in [0.1, 0.15) is 17.5 Å².